The summed E-state index contributed by atoms with van der Waals surface area (Å²) in [5, 5.41) is 9.62. The quantitative estimate of drug-likeness (QED) is 0.0778. The molecule has 1 fully saturated rings. The van der Waals surface area contributed by atoms with Gasteiger partial charge < -0.3 is 28.4 Å². The van der Waals surface area contributed by atoms with Gasteiger partial charge in [0.2, 0.25) is 0 Å². The average Bonchev–Trinajstić information content (AvgIpc) is 3.82. The van der Waals surface area contributed by atoms with Gasteiger partial charge in [-0.25, -0.2) is 9.36 Å². The SMILES string of the molecule is CC(C)(c1ccc(O)cc1)c1ccc(OP(C)(=O)Oc2ccc(C(C)(C)c3ccc(OC(=O)OCC4CO4)cc3)cc2)cc1. The van der Waals surface area contributed by atoms with Gasteiger partial charge in [0.15, 0.2) is 0 Å². The van der Waals surface area contributed by atoms with E-state index < -0.39 is 13.8 Å². The third-order valence-electron chi connectivity index (χ3n) is 7.85. The zero-order valence-electron chi connectivity index (χ0n) is 25.5. The fourth-order valence-corrected chi connectivity index (χ4v) is 5.92. The Bertz CT molecular complexity index is 1620. The fourth-order valence-electron chi connectivity index (χ4n) is 4.87. The molecule has 8 nitrogen and oxygen atoms in total. The monoisotopic (exact) mass is 616 g/mol. The highest BCUT2D eigenvalue weighted by Crippen LogP contribution is 2.46. The molecule has 1 aliphatic heterocycles. The minimum atomic E-state index is -3.48. The molecular weight excluding hydrogens is 579 g/mol. The predicted octanol–water partition coefficient (Wildman–Crippen LogP) is 8.24. The number of hydrogen-bond donors (Lipinski definition) is 1. The van der Waals surface area contributed by atoms with Crippen LogP contribution in [0.4, 0.5) is 4.79 Å². The van der Waals surface area contributed by atoms with Crippen LogP contribution in [0.15, 0.2) is 97.1 Å². The van der Waals surface area contributed by atoms with Crippen molar-refractivity contribution < 1.29 is 37.7 Å². The molecule has 0 aliphatic carbocycles. The summed E-state index contributed by atoms with van der Waals surface area (Å²) < 4.78 is 40.1. The molecule has 1 heterocycles. The molecule has 44 heavy (non-hydrogen) atoms. The van der Waals surface area contributed by atoms with Gasteiger partial charge in [-0.1, -0.05) is 76.2 Å². The molecule has 4 aromatic rings. The molecule has 1 saturated heterocycles. The lowest BCUT2D eigenvalue weighted by atomic mass is 9.78. The first-order valence-corrected chi connectivity index (χ1v) is 16.3. The van der Waals surface area contributed by atoms with Crippen LogP contribution in [0, 0.1) is 0 Å². The number of ether oxygens (including phenoxy) is 3. The molecule has 2 unspecified atom stereocenters. The summed E-state index contributed by atoms with van der Waals surface area (Å²) in [6.45, 7) is 10.6. The largest absolute Gasteiger partial charge is 0.513 e. The predicted molar refractivity (Wildman–Crippen MR) is 168 cm³/mol. The second kappa shape index (κ2) is 12.4. The molecule has 230 valence electrons. The summed E-state index contributed by atoms with van der Waals surface area (Å²) in [6.07, 6.45) is -0.777. The lowest BCUT2D eigenvalue weighted by molar-refractivity contribution is 0.0919. The number of rotatable bonds is 11. The van der Waals surface area contributed by atoms with E-state index >= 15 is 0 Å². The van der Waals surface area contributed by atoms with Gasteiger partial charge in [0.1, 0.15) is 35.7 Å². The molecule has 9 heteroatoms. The summed E-state index contributed by atoms with van der Waals surface area (Å²) in [4.78, 5) is 11.8. The summed E-state index contributed by atoms with van der Waals surface area (Å²) in [5.74, 6) is 1.49. The maximum atomic E-state index is 13.3. The van der Waals surface area contributed by atoms with Crippen molar-refractivity contribution in [3.63, 3.8) is 0 Å². The van der Waals surface area contributed by atoms with Gasteiger partial charge in [0.25, 0.3) is 0 Å². The van der Waals surface area contributed by atoms with E-state index in [1.807, 2.05) is 48.5 Å². The standard InChI is InChI=1S/C35H37O8P/c1-34(2,24-6-14-28(36)15-7-24)26-10-18-30(19-11-26)42-44(5,38)43-31-20-12-27(13-21-31)35(3,4)25-8-16-29(17-9-25)41-33(37)40-23-32-22-39-32/h6-21,32,36H,22-23H2,1-5H3. The number of hydrogen-bond acceptors (Lipinski definition) is 8. The number of aromatic hydroxyl groups is 1. The number of benzene rings is 4. The van der Waals surface area contributed by atoms with Gasteiger partial charge in [-0.2, -0.15) is 0 Å². The average molecular weight is 617 g/mol. The van der Waals surface area contributed by atoms with Crippen molar-refractivity contribution >= 4 is 13.8 Å². The Kier molecular flexibility index (Phi) is 8.78. The lowest BCUT2D eigenvalue weighted by Gasteiger charge is -2.27. The van der Waals surface area contributed by atoms with Gasteiger partial charge in [-0.3, -0.25) is 0 Å². The Morgan fingerprint density at radius 2 is 1.09 bits per heavy atom. The van der Waals surface area contributed by atoms with Crippen LogP contribution in [-0.4, -0.2) is 37.2 Å². The second-order valence-electron chi connectivity index (χ2n) is 11.9. The van der Waals surface area contributed by atoms with Crippen molar-refractivity contribution in [1.82, 2.24) is 0 Å². The second-order valence-corrected chi connectivity index (χ2v) is 13.9. The van der Waals surface area contributed by atoms with Crippen molar-refractivity contribution in [2.45, 2.75) is 44.6 Å². The smallest absolute Gasteiger partial charge is 0.508 e. The van der Waals surface area contributed by atoms with Crippen LogP contribution >= 0.6 is 7.60 Å². The van der Waals surface area contributed by atoms with Crippen molar-refractivity contribution in [1.29, 1.82) is 0 Å². The first-order valence-electron chi connectivity index (χ1n) is 14.4. The lowest BCUT2D eigenvalue weighted by Crippen LogP contribution is -2.19. The minimum Gasteiger partial charge on any atom is -0.508 e. The molecule has 0 bridgehead atoms. The summed E-state index contributed by atoms with van der Waals surface area (Å²) in [6, 6.07) is 29.3. The van der Waals surface area contributed by atoms with E-state index in [1.54, 1.807) is 48.5 Å². The molecular formula is C35H37O8P. The molecule has 2 atom stereocenters. The number of phenolic OH excluding ortho intramolecular Hbond substituents is 1. The molecule has 0 aromatic heterocycles. The van der Waals surface area contributed by atoms with Gasteiger partial charge in [-0.15, -0.1) is 0 Å². The van der Waals surface area contributed by atoms with Crippen molar-refractivity contribution in [2.24, 2.45) is 0 Å². The Labute approximate surface area is 258 Å². The van der Waals surface area contributed by atoms with Gasteiger partial charge in [-0.05, 0) is 70.8 Å². The normalized spacial score (nSPS) is 16.0. The highest BCUT2D eigenvalue weighted by atomic mass is 31.2. The molecule has 5 rings (SSSR count). The molecule has 0 amide bonds. The first-order chi connectivity index (χ1) is 20.8. The Morgan fingerprint density at radius 1 is 0.727 bits per heavy atom. The van der Waals surface area contributed by atoms with E-state index in [0.29, 0.717) is 23.9 Å². The van der Waals surface area contributed by atoms with E-state index in [0.717, 1.165) is 22.3 Å². The summed E-state index contributed by atoms with van der Waals surface area (Å²) in [5.41, 5.74) is 3.46. The van der Waals surface area contributed by atoms with Gasteiger partial charge >= 0.3 is 13.8 Å². The minimum absolute atomic E-state index is 0.0199. The fraction of sp³-hybridized carbons (Fsp3) is 0.286. The Balaban J connectivity index is 1.19. The van der Waals surface area contributed by atoms with Crippen LogP contribution in [0.5, 0.6) is 23.0 Å². The Hall–Kier alpha value is -4.26. The summed E-state index contributed by atoms with van der Waals surface area (Å²) in [7, 11) is -3.48. The van der Waals surface area contributed by atoms with E-state index in [4.69, 9.17) is 23.3 Å². The van der Waals surface area contributed by atoms with Crippen molar-refractivity contribution in [2.75, 3.05) is 19.9 Å². The molecule has 1 N–H and O–H groups in total. The van der Waals surface area contributed by atoms with Crippen LogP contribution in [0.3, 0.4) is 0 Å². The zero-order valence-corrected chi connectivity index (χ0v) is 26.4. The number of epoxide rings is 1. The molecule has 0 radical (unpaired) electrons. The first kappa shape index (κ1) is 31.2. The third kappa shape index (κ3) is 7.62. The van der Waals surface area contributed by atoms with E-state index in [1.165, 1.54) is 6.66 Å². The summed E-state index contributed by atoms with van der Waals surface area (Å²) >= 11 is 0. The highest BCUT2D eigenvalue weighted by molar-refractivity contribution is 7.53. The zero-order chi connectivity index (χ0) is 31.5. The molecule has 0 spiro atoms. The van der Waals surface area contributed by atoms with E-state index in [-0.39, 0.29) is 29.3 Å². The molecule has 0 saturated carbocycles. The van der Waals surface area contributed by atoms with Crippen molar-refractivity contribution in [3.05, 3.63) is 119 Å². The number of carbonyl (C=O) groups is 1. The Morgan fingerprint density at radius 3 is 1.48 bits per heavy atom. The molecule has 4 aromatic carbocycles. The molecule has 1 aliphatic rings. The number of phenols is 1. The van der Waals surface area contributed by atoms with Crippen LogP contribution in [0.25, 0.3) is 0 Å². The van der Waals surface area contributed by atoms with E-state index in [9.17, 15) is 14.5 Å². The van der Waals surface area contributed by atoms with Crippen molar-refractivity contribution in [3.8, 4) is 23.0 Å². The third-order valence-corrected chi connectivity index (χ3v) is 8.94. The van der Waals surface area contributed by atoms with Gasteiger partial charge in [0.05, 0.1) is 13.3 Å². The van der Waals surface area contributed by atoms with Crippen LogP contribution in [-0.2, 0) is 24.9 Å². The van der Waals surface area contributed by atoms with Gasteiger partial charge in [0, 0.05) is 10.8 Å². The maximum absolute atomic E-state index is 13.3. The van der Waals surface area contributed by atoms with Crippen LogP contribution in [0.1, 0.15) is 49.9 Å². The van der Waals surface area contributed by atoms with E-state index in [2.05, 4.69) is 27.7 Å². The van der Waals surface area contributed by atoms with Crippen LogP contribution in [0.2, 0.25) is 0 Å². The number of carbonyl (C=O) groups excluding carboxylic acids is 1. The highest BCUT2D eigenvalue weighted by Gasteiger charge is 2.27. The van der Waals surface area contributed by atoms with Crippen LogP contribution < -0.4 is 13.8 Å². The maximum Gasteiger partial charge on any atom is 0.513 e. The topological polar surface area (TPSA) is 104 Å².